The lowest BCUT2D eigenvalue weighted by Gasteiger charge is -2.35. The highest BCUT2D eigenvalue weighted by Crippen LogP contribution is 2.22. The summed E-state index contributed by atoms with van der Waals surface area (Å²) in [4.78, 5) is 2.53. The van der Waals surface area contributed by atoms with E-state index in [2.05, 4.69) is 10.1 Å². The molecule has 0 spiro atoms. The van der Waals surface area contributed by atoms with Gasteiger partial charge in [0.15, 0.2) is 0 Å². The van der Waals surface area contributed by atoms with E-state index in [0.717, 1.165) is 25.8 Å². The Hall–Kier alpha value is -0.210. The van der Waals surface area contributed by atoms with Gasteiger partial charge in [-0.1, -0.05) is 6.42 Å². The molecule has 1 aliphatic heterocycles. The van der Waals surface area contributed by atoms with Gasteiger partial charge in [0.05, 0.1) is 0 Å². The van der Waals surface area contributed by atoms with Gasteiger partial charge in [0.2, 0.25) is 0 Å². The Morgan fingerprint density at radius 2 is 1.94 bits per heavy atom. The lowest BCUT2D eigenvalue weighted by molar-refractivity contribution is 0.230. The van der Waals surface area contributed by atoms with Crippen LogP contribution in [0.5, 0.6) is 0 Å². The van der Waals surface area contributed by atoms with Crippen LogP contribution in [0.2, 0.25) is 0 Å². The normalized spacial score (nSPS) is 26.7. The molecule has 0 radical (unpaired) electrons. The Morgan fingerprint density at radius 3 is 2.56 bits per heavy atom. The molecule has 0 bridgehead atoms. The summed E-state index contributed by atoms with van der Waals surface area (Å²) >= 11 is 0. The van der Waals surface area contributed by atoms with Crippen LogP contribution in [0.3, 0.4) is 0 Å². The average molecular weight is 276 g/mol. The van der Waals surface area contributed by atoms with Crippen molar-refractivity contribution in [1.29, 1.82) is 0 Å². The Bertz CT molecular complexity index is 367. The summed E-state index contributed by atoms with van der Waals surface area (Å²) in [5.41, 5.74) is 0. The molecule has 2 fully saturated rings. The van der Waals surface area contributed by atoms with E-state index >= 15 is 0 Å². The van der Waals surface area contributed by atoms with E-state index in [-0.39, 0.29) is 6.04 Å². The first-order chi connectivity index (χ1) is 8.49. The van der Waals surface area contributed by atoms with E-state index in [1.165, 1.54) is 17.9 Å². The molecule has 2 aliphatic rings. The summed E-state index contributed by atoms with van der Waals surface area (Å²) < 4.78 is 26.0. The maximum absolute atomic E-state index is 12.2. The minimum atomic E-state index is -3.39. The molecule has 1 atom stereocenters. The van der Waals surface area contributed by atoms with Crippen LogP contribution in [0.25, 0.3) is 0 Å². The van der Waals surface area contributed by atoms with Gasteiger partial charge in [-0.25, -0.2) is 5.01 Å². The summed E-state index contributed by atoms with van der Waals surface area (Å²) in [5, 5.41) is 4.92. The van der Waals surface area contributed by atoms with E-state index < -0.39 is 10.2 Å². The molecule has 0 aromatic heterocycles. The molecule has 1 saturated heterocycles. The van der Waals surface area contributed by atoms with Crippen molar-refractivity contribution in [1.82, 2.24) is 19.5 Å². The quantitative estimate of drug-likeness (QED) is 0.665. The molecule has 18 heavy (non-hydrogen) atoms. The van der Waals surface area contributed by atoms with Gasteiger partial charge in [-0.15, -0.1) is 4.83 Å². The van der Waals surface area contributed by atoms with E-state index in [0.29, 0.717) is 12.6 Å². The van der Waals surface area contributed by atoms with Crippen LogP contribution in [0.15, 0.2) is 0 Å². The van der Waals surface area contributed by atoms with E-state index in [9.17, 15) is 8.42 Å². The lowest BCUT2D eigenvalue weighted by Crippen LogP contribution is -2.54. The first-order valence-corrected chi connectivity index (χ1v) is 8.13. The van der Waals surface area contributed by atoms with Gasteiger partial charge in [0.25, 0.3) is 10.2 Å². The summed E-state index contributed by atoms with van der Waals surface area (Å²) in [7, 11) is -0.00318. The molecule has 6 nitrogen and oxygen atoms in total. The predicted molar refractivity (Wildman–Crippen MR) is 71.1 cm³/mol. The topological polar surface area (TPSA) is 64.7 Å². The van der Waals surface area contributed by atoms with E-state index in [4.69, 9.17) is 0 Å². The Balaban J connectivity index is 1.96. The van der Waals surface area contributed by atoms with Gasteiger partial charge < -0.3 is 5.32 Å². The van der Waals surface area contributed by atoms with E-state index in [1.807, 2.05) is 0 Å². The summed E-state index contributed by atoms with van der Waals surface area (Å²) in [6.07, 6.45) is 5.48. The van der Waals surface area contributed by atoms with Crippen molar-refractivity contribution in [2.24, 2.45) is 0 Å². The van der Waals surface area contributed by atoms with E-state index in [1.54, 1.807) is 18.4 Å². The van der Waals surface area contributed by atoms with Crippen LogP contribution in [-0.4, -0.2) is 57.0 Å². The van der Waals surface area contributed by atoms with Gasteiger partial charge in [-0.2, -0.15) is 12.7 Å². The predicted octanol–water partition coefficient (Wildman–Crippen LogP) is -0.0961. The van der Waals surface area contributed by atoms with Crippen molar-refractivity contribution in [3.05, 3.63) is 0 Å². The largest absolute Gasteiger partial charge is 0.312 e. The lowest BCUT2D eigenvalue weighted by atomic mass is 10.1. The SMILES string of the molecule is CN(C)NS(=O)(=O)N1CCCCC1CNC1CC1. The molecule has 1 aliphatic carbocycles. The third-order valence-corrected chi connectivity index (χ3v) is 5.09. The van der Waals surface area contributed by atoms with Crippen LogP contribution in [0.1, 0.15) is 32.1 Å². The molecule has 106 valence electrons. The molecule has 1 heterocycles. The van der Waals surface area contributed by atoms with Crippen LogP contribution in [0, 0.1) is 0 Å². The minimum Gasteiger partial charge on any atom is -0.312 e. The maximum Gasteiger partial charge on any atom is 0.292 e. The fraction of sp³-hybridized carbons (Fsp3) is 1.00. The zero-order chi connectivity index (χ0) is 13.2. The highest BCUT2D eigenvalue weighted by molar-refractivity contribution is 7.87. The average Bonchev–Trinajstić information content (AvgIpc) is 3.08. The number of hydrogen-bond acceptors (Lipinski definition) is 4. The van der Waals surface area contributed by atoms with Crippen LogP contribution >= 0.6 is 0 Å². The Morgan fingerprint density at radius 1 is 1.22 bits per heavy atom. The van der Waals surface area contributed by atoms with Crippen LogP contribution in [-0.2, 0) is 10.2 Å². The first kappa shape index (κ1) is 14.2. The van der Waals surface area contributed by atoms with Crippen molar-refractivity contribution in [3.63, 3.8) is 0 Å². The second-order valence-electron chi connectivity index (χ2n) is 5.43. The molecule has 7 heteroatoms. The molecule has 2 rings (SSSR count). The zero-order valence-corrected chi connectivity index (χ0v) is 12.0. The minimum absolute atomic E-state index is 0.0943. The highest BCUT2D eigenvalue weighted by Gasteiger charge is 2.33. The second-order valence-corrected chi connectivity index (χ2v) is 7.04. The second kappa shape index (κ2) is 5.83. The molecule has 1 saturated carbocycles. The highest BCUT2D eigenvalue weighted by atomic mass is 32.2. The standard InChI is InChI=1S/C11H24N4O2S/c1-14(2)13-18(16,17)15-8-4-3-5-11(15)9-12-10-6-7-10/h10-13H,3-9H2,1-2H3. The number of hydrogen-bond donors (Lipinski definition) is 2. The van der Waals surface area contributed by atoms with Crippen LogP contribution < -0.4 is 10.1 Å². The Labute approximate surface area is 110 Å². The molecule has 1 unspecified atom stereocenters. The third-order valence-electron chi connectivity index (χ3n) is 3.40. The molecule has 0 aromatic rings. The monoisotopic (exact) mass is 276 g/mol. The number of nitrogens with zero attached hydrogens (tertiary/aromatic N) is 2. The van der Waals surface area contributed by atoms with Crippen molar-refractivity contribution in [2.75, 3.05) is 27.2 Å². The maximum atomic E-state index is 12.2. The fourth-order valence-electron chi connectivity index (χ4n) is 2.37. The zero-order valence-electron chi connectivity index (χ0n) is 11.2. The van der Waals surface area contributed by atoms with Gasteiger partial charge in [-0.05, 0) is 25.7 Å². The van der Waals surface area contributed by atoms with Crippen molar-refractivity contribution in [2.45, 2.75) is 44.2 Å². The molecular formula is C11H24N4O2S. The number of nitrogens with one attached hydrogen (secondary N) is 2. The van der Waals surface area contributed by atoms with Crippen molar-refractivity contribution < 1.29 is 8.42 Å². The first-order valence-electron chi connectivity index (χ1n) is 6.69. The van der Waals surface area contributed by atoms with Gasteiger partial charge in [-0.3, -0.25) is 0 Å². The summed E-state index contributed by atoms with van der Waals surface area (Å²) in [5.74, 6) is 0. The number of rotatable bonds is 6. The van der Waals surface area contributed by atoms with Crippen molar-refractivity contribution in [3.8, 4) is 0 Å². The van der Waals surface area contributed by atoms with Gasteiger partial charge in [0.1, 0.15) is 0 Å². The summed E-state index contributed by atoms with van der Waals surface area (Å²) in [6, 6.07) is 0.718. The summed E-state index contributed by atoms with van der Waals surface area (Å²) in [6.45, 7) is 1.40. The van der Waals surface area contributed by atoms with Gasteiger partial charge >= 0.3 is 0 Å². The number of piperidine rings is 1. The van der Waals surface area contributed by atoms with Crippen molar-refractivity contribution >= 4 is 10.2 Å². The van der Waals surface area contributed by atoms with Crippen LogP contribution in [0.4, 0.5) is 0 Å². The third kappa shape index (κ3) is 3.89. The molecule has 0 aromatic carbocycles. The Kier molecular flexibility index (Phi) is 4.60. The smallest absolute Gasteiger partial charge is 0.292 e. The van der Waals surface area contributed by atoms with Gasteiger partial charge in [0, 0.05) is 39.3 Å². The molecular weight excluding hydrogens is 252 g/mol. The molecule has 2 N–H and O–H groups in total. The fourth-order valence-corrected chi connectivity index (χ4v) is 3.88. The number of hydrazine groups is 1. The molecule has 0 amide bonds.